The van der Waals surface area contributed by atoms with Gasteiger partial charge in [0.25, 0.3) is 5.91 Å². The zero-order valence-electron chi connectivity index (χ0n) is 24.0. The van der Waals surface area contributed by atoms with Crippen molar-refractivity contribution in [3.8, 4) is 16.9 Å². The molecule has 1 aliphatic rings. The zero-order valence-corrected chi connectivity index (χ0v) is 25.6. The number of nitrogens with zero attached hydrogens (tertiary/aromatic N) is 2. The highest BCUT2D eigenvalue weighted by molar-refractivity contribution is 7.21. The van der Waals surface area contributed by atoms with E-state index in [0.717, 1.165) is 71.5 Å². The van der Waals surface area contributed by atoms with Crippen LogP contribution in [0.1, 0.15) is 54.8 Å². The molecule has 0 radical (unpaired) electrons. The first-order valence-corrected chi connectivity index (χ1v) is 15.2. The van der Waals surface area contributed by atoms with Crippen LogP contribution in [-0.2, 0) is 11.3 Å². The molecule has 1 aromatic heterocycles. The zero-order chi connectivity index (χ0) is 30.1. The van der Waals surface area contributed by atoms with Crippen LogP contribution in [-0.4, -0.2) is 36.9 Å². The number of halogens is 3. The number of hydrogen-bond donors (Lipinski definition) is 0. The summed E-state index contributed by atoms with van der Waals surface area (Å²) < 4.78 is 35.0. The van der Waals surface area contributed by atoms with Gasteiger partial charge >= 0.3 is 0 Å². The second kappa shape index (κ2) is 12.4. The van der Waals surface area contributed by atoms with Crippen molar-refractivity contribution in [2.45, 2.75) is 52.1 Å². The summed E-state index contributed by atoms with van der Waals surface area (Å²) in [5.41, 5.74) is 3.47. The number of methoxy groups -OCH3 is 1. The molecule has 220 valence electrons. The molecule has 0 bridgehead atoms. The van der Waals surface area contributed by atoms with Gasteiger partial charge < -0.3 is 14.5 Å². The Bertz CT molecular complexity index is 1630. The van der Waals surface area contributed by atoms with Gasteiger partial charge in [0, 0.05) is 37.8 Å². The van der Waals surface area contributed by atoms with Crippen molar-refractivity contribution in [1.29, 1.82) is 0 Å². The highest BCUT2D eigenvalue weighted by Gasteiger charge is 2.32. The Hall–Kier alpha value is -3.49. The van der Waals surface area contributed by atoms with Crippen molar-refractivity contribution in [3.05, 3.63) is 81.7 Å². The molecule has 2 amide bonds. The van der Waals surface area contributed by atoms with Crippen molar-refractivity contribution >= 4 is 50.5 Å². The summed E-state index contributed by atoms with van der Waals surface area (Å²) in [4.78, 5) is 29.5. The number of rotatable bonds is 7. The van der Waals surface area contributed by atoms with E-state index in [1.165, 1.54) is 6.92 Å². The molecule has 0 aliphatic heterocycles. The molecule has 0 saturated heterocycles. The van der Waals surface area contributed by atoms with Crippen LogP contribution >= 0.6 is 22.9 Å². The molecule has 1 heterocycles. The number of anilines is 1. The van der Waals surface area contributed by atoms with E-state index in [1.54, 1.807) is 24.0 Å². The van der Waals surface area contributed by atoms with E-state index in [0.29, 0.717) is 11.7 Å². The number of thiophene rings is 1. The largest absolute Gasteiger partial charge is 0.496 e. The third-order valence-electron chi connectivity index (χ3n) is 8.24. The molecule has 1 aliphatic carbocycles. The van der Waals surface area contributed by atoms with Gasteiger partial charge in [-0.15, -0.1) is 11.3 Å². The predicted octanol–water partition coefficient (Wildman–Crippen LogP) is 8.71. The summed E-state index contributed by atoms with van der Waals surface area (Å²) >= 11 is 7.46. The smallest absolute Gasteiger partial charge is 0.266 e. The fourth-order valence-corrected chi connectivity index (χ4v) is 7.12. The lowest BCUT2D eigenvalue weighted by Crippen LogP contribution is -2.41. The van der Waals surface area contributed by atoms with Crippen LogP contribution in [0.25, 0.3) is 21.2 Å². The third-order valence-corrected chi connectivity index (χ3v) is 9.92. The van der Waals surface area contributed by atoms with Crippen LogP contribution in [0.2, 0.25) is 5.02 Å². The fourth-order valence-electron chi connectivity index (χ4n) is 5.61. The molecule has 1 saturated carbocycles. The van der Waals surface area contributed by atoms with Gasteiger partial charge in [-0.3, -0.25) is 9.59 Å². The van der Waals surface area contributed by atoms with Crippen LogP contribution < -0.4 is 9.64 Å². The molecule has 1 fully saturated rings. The molecule has 5 rings (SSSR count). The van der Waals surface area contributed by atoms with Crippen LogP contribution in [0.4, 0.5) is 14.5 Å². The Morgan fingerprint density at radius 2 is 1.62 bits per heavy atom. The van der Waals surface area contributed by atoms with Gasteiger partial charge in [0.15, 0.2) is 0 Å². The van der Waals surface area contributed by atoms with Crippen molar-refractivity contribution in [2.75, 3.05) is 19.1 Å². The van der Waals surface area contributed by atoms with E-state index in [9.17, 15) is 18.4 Å². The normalized spacial score (nSPS) is 16.8. The number of carbonyl (C=O) groups excluding carboxylic acids is 2. The first kappa shape index (κ1) is 30.0. The van der Waals surface area contributed by atoms with E-state index in [-0.39, 0.29) is 44.4 Å². The minimum Gasteiger partial charge on any atom is -0.496 e. The van der Waals surface area contributed by atoms with Crippen LogP contribution in [0.15, 0.2) is 54.6 Å². The molecule has 4 aromatic rings. The topological polar surface area (TPSA) is 49.9 Å². The standard InChI is InChI=1S/C33H33ClF2N2O3S/c1-19-5-10-25(11-6-19)38(33(40)32-30(34)29-26(35)14-15-27(36)31(29)42-32)18-23-17-22(9-16-28(23)41-4)21-7-12-24(13-8-21)37(3)20(2)39/h7-9,12-17,19,25H,5-6,10-11,18H2,1-4H3. The minimum absolute atomic E-state index is 0.0407. The molecule has 0 atom stereocenters. The number of fused-ring (bicyclic) bond motifs is 1. The van der Waals surface area contributed by atoms with E-state index in [4.69, 9.17) is 16.3 Å². The molecule has 42 heavy (non-hydrogen) atoms. The van der Waals surface area contributed by atoms with Crippen LogP contribution in [0.3, 0.4) is 0 Å². The Balaban J connectivity index is 1.53. The molecule has 0 N–H and O–H groups in total. The maximum atomic E-state index is 14.7. The van der Waals surface area contributed by atoms with Crippen molar-refractivity contribution in [2.24, 2.45) is 5.92 Å². The summed E-state index contributed by atoms with van der Waals surface area (Å²) in [6, 6.07) is 15.5. The monoisotopic (exact) mass is 610 g/mol. The molecular weight excluding hydrogens is 578 g/mol. The summed E-state index contributed by atoms with van der Waals surface area (Å²) in [6.45, 7) is 3.97. The number of ether oxygens (including phenoxy) is 1. The number of benzene rings is 3. The van der Waals surface area contributed by atoms with Gasteiger partial charge in [0.1, 0.15) is 22.3 Å². The van der Waals surface area contributed by atoms with Gasteiger partial charge in [-0.1, -0.05) is 36.7 Å². The average molecular weight is 611 g/mol. The van der Waals surface area contributed by atoms with Gasteiger partial charge in [-0.2, -0.15) is 0 Å². The van der Waals surface area contributed by atoms with Crippen LogP contribution in [0, 0.1) is 17.6 Å². The maximum Gasteiger partial charge on any atom is 0.266 e. The number of hydrogen-bond acceptors (Lipinski definition) is 4. The molecule has 0 spiro atoms. The Morgan fingerprint density at radius 3 is 2.24 bits per heavy atom. The average Bonchev–Trinajstić information content (AvgIpc) is 3.35. The van der Waals surface area contributed by atoms with Gasteiger partial charge in [-0.05, 0) is 79.1 Å². The summed E-state index contributed by atoms with van der Waals surface area (Å²) in [7, 11) is 3.32. The number of amides is 2. The van der Waals surface area contributed by atoms with Gasteiger partial charge in [0.05, 0.1) is 22.2 Å². The maximum absolute atomic E-state index is 14.7. The van der Waals surface area contributed by atoms with Crippen molar-refractivity contribution < 1.29 is 23.1 Å². The summed E-state index contributed by atoms with van der Waals surface area (Å²) in [5.74, 6) is -0.459. The quantitative estimate of drug-likeness (QED) is 0.210. The lowest BCUT2D eigenvalue weighted by Gasteiger charge is -2.36. The van der Waals surface area contributed by atoms with E-state index < -0.39 is 11.6 Å². The SMILES string of the molecule is COc1ccc(-c2ccc(N(C)C(C)=O)cc2)cc1CN(C(=O)c1sc2c(F)ccc(F)c2c1Cl)C1CCC(C)CC1. The lowest BCUT2D eigenvalue weighted by molar-refractivity contribution is -0.116. The highest BCUT2D eigenvalue weighted by Crippen LogP contribution is 2.41. The van der Waals surface area contributed by atoms with Crippen LogP contribution in [0.5, 0.6) is 5.75 Å². The molecular formula is C33H33ClF2N2O3S. The Labute approximate surface area is 253 Å². The first-order valence-electron chi connectivity index (χ1n) is 14.0. The highest BCUT2D eigenvalue weighted by atomic mass is 35.5. The fraction of sp³-hybridized carbons (Fsp3) is 0.333. The molecule has 9 heteroatoms. The molecule has 0 unspecified atom stereocenters. The van der Waals surface area contributed by atoms with Gasteiger partial charge in [0.2, 0.25) is 5.91 Å². The van der Waals surface area contributed by atoms with E-state index in [1.807, 2.05) is 42.5 Å². The minimum atomic E-state index is -0.653. The Kier molecular flexibility index (Phi) is 8.85. The molecule has 3 aromatic carbocycles. The third kappa shape index (κ3) is 5.88. The van der Waals surface area contributed by atoms with Crippen molar-refractivity contribution in [3.63, 3.8) is 0 Å². The first-order chi connectivity index (χ1) is 20.1. The number of carbonyl (C=O) groups is 2. The lowest BCUT2D eigenvalue weighted by atomic mass is 9.86. The molecule has 5 nitrogen and oxygen atoms in total. The summed E-state index contributed by atoms with van der Waals surface area (Å²) in [5, 5.41) is -0.108. The summed E-state index contributed by atoms with van der Waals surface area (Å²) in [6.07, 6.45) is 3.61. The second-order valence-electron chi connectivity index (χ2n) is 11.0. The van der Waals surface area contributed by atoms with Gasteiger partial charge in [-0.25, -0.2) is 8.78 Å². The predicted molar refractivity (Wildman–Crippen MR) is 166 cm³/mol. The van der Waals surface area contributed by atoms with E-state index >= 15 is 0 Å². The second-order valence-corrected chi connectivity index (χ2v) is 12.4. The van der Waals surface area contributed by atoms with E-state index in [2.05, 4.69) is 6.92 Å². The Morgan fingerprint density at radius 1 is 0.976 bits per heavy atom. The van der Waals surface area contributed by atoms with Crippen molar-refractivity contribution in [1.82, 2.24) is 4.90 Å².